The Labute approximate surface area is 226 Å². The lowest BCUT2D eigenvalue weighted by Crippen LogP contribution is -2.42. The number of benzene rings is 2. The number of carbonyl (C=O) groups is 1. The van der Waals surface area contributed by atoms with Crippen LogP contribution >= 0.6 is 0 Å². The van der Waals surface area contributed by atoms with Gasteiger partial charge in [0, 0.05) is 47.9 Å². The van der Waals surface area contributed by atoms with Crippen molar-refractivity contribution in [2.24, 2.45) is 0 Å². The molecule has 1 unspecified atom stereocenters. The lowest BCUT2D eigenvalue weighted by molar-refractivity contribution is -0.0397. The first kappa shape index (κ1) is 28.1. The molecule has 1 amide bonds. The maximum Gasteiger partial charge on any atom is 0.251 e. The Bertz CT molecular complexity index is 1150. The number of unbranched alkanes of at least 4 members (excludes halogenated alkanes) is 5. The van der Waals surface area contributed by atoms with Crippen LogP contribution in [0.25, 0.3) is 10.9 Å². The fraction of sp³-hybridized carbons (Fsp3) is 0.516. The van der Waals surface area contributed by atoms with Crippen molar-refractivity contribution in [3.8, 4) is 5.75 Å². The summed E-state index contributed by atoms with van der Waals surface area (Å²) in [7, 11) is 0. The van der Waals surface area contributed by atoms with Crippen molar-refractivity contribution < 1.29 is 19.4 Å². The van der Waals surface area contributed by atoms with E-state index >= 15 is 0 Å². The largest absolute Gasteiger partial charge is 0.490 e. The molecular weight excluding hydrogens is 478 g/mol. The zero-order valence-electron chi connectivity index (χ0n) is 23.0. The van der Waals surface area contributed by atoms with Gasteiger partial charge in [-0.2, -0.15) is 0 Å². The van der Waals surface area contributed by atoms with E-state index in [-0.39, 0.29) is 30.4 Å². The second-order valence-electron chi connectivity index (χ2n) is 11.2. The van der Waals surface area contributed by atoms with Crippen LogP contribution in [0.15, 0.2) is 54.7 Å². The van der Waals surface area contributed by atoms with Crippen molar-refractivity contribution in [3.63, 3.8) is 0 Å². The van der Waals surface area contributed by atoms with E-state index in [0.717, 1.165) is 61.5 Å². The molecule has 206 valence electrons. The predicted molar refractivity (Wildman–Crippen MR) is 151 cm³/mol. The quantitative estimate of drug-likeness (QED) is 0.247. The minimum absolute atomic E-state index is 0.0550. The van der Waals surface area contributed by atoms with Gasteiger partial charge in [0.25, 0.3) is 5.91 Å². The molecule has 2 heterocycles. The van der Waals surface area contributed by atoms with Crippen molar-refractivity contribution >= 4 is 16.8 Å². The Morgan fingerprint density at radius 1 is 1.08 bits per heavy atom. The van der Waals surface area contributed by atoms with Gasteiger partial charge in [-0.15, -0.1) is 0 Å². The van der Waals surface area contributed by atoms with Crippen LogP contribution in [-0.4, -0.2) is 58.8 Å². The van der Waals surface area contributed by atoms with Crippen LogP contribution in [0.5, 0.6) is 5.75 Å². The molecule has 7 nitrogen and oxygen atoms in total. The minimum atomic E-state index is -0.121. The van der Waals surface area contributed by atoms with Gasteiger partial charge < -0.3 is 24.9 Å². The Hall–Kier alpha value is -2.87. The van der Waals surface area contributed by atoms with Crippen LogP contribution < -0.4 is 10.1 Å². The molecule has 1 saturated heterocycles. The number of aromatic amines is 1. The summed E-state index contributed by atoms with van der Waals surface area (Å²) in [5, 5.41) is 12.9. The molecule has 2 aromatic carbocycles. The number of amides is 1. The van der Waals surface area contributed by atoms with Gasteiger partial charge in [-0.1, -0.05) is 56.0 Å². The highest BCUT2D eigenvalue weighted by Gasteiger charge is 2.40. The van der Waals surface area contributed by atoms with Gasteiger partial charge in [-0.3, -0.25) is 9.69 Å². The summed E-state index contributed by atoms with van der Waals surface area (Å²) in [6.07, 6.45) is 7.87. The first-order chi connectivity index (χ1) is 18.4. The van der Waals surface area contributed by atoms with E-state index in [2.05, 4.69) is 48.1 Å². The van der Waals surface area contributed by atoms with E-state index in [1.165, 1.54) is 0 Å². The van der Waals surface area contributed by atoms with Crippen molar-refractivity contribution in [1.82, 2.24) is 15.2 Å². The summed E-state index contributed by atoms with van der Waals surface area (Å²) in [4.78, 5) is 18.5. The summed E-state index contributed by atoms with van der Waals surface area (Å²) >= 11 is 0. The third kappa shape index (κ3) is 7.37. The number of rotatable bonds is 13. The number of fused-ring (bicyclic) bond motifs is 1. The maximum atomic E-state index is 12.9. The van der Waals surface area contributed by atoms with Crippen molar-refractivity contribution in [2.45, 2.75) is 77.2 Å². The fourth-order valence-corrected chi connectivity index (χ4v) is 5.02. The summed E-state index contributed by atoms with van der Waals surface area (Å²) in [6.45, 7) is 8.70. The van der Waals surface area contributed by atoms with Gasteiger partial charge >= 0.3 is 0 Å². The van der Waals surface area contributed by atoms with E-state index in [4.69, 9.17) is 14.6 Å². The number of aliphatic hydroxyl groups is 1. The van der Waals surface area contributed by atoms with Gasteiger partial charge in [-0.05, 0) is 57.4 Å². The molecule has 1 fully saturated rings. The molecule has 38 heavy (non-hydrogen) atoms. The molecule has 0 saturated carbocycles. The highest BCUT2D eigenvalue weighted by molar-refractivity contribution is 6.00. The van der Waals surface area contributed by atoms with Gasteiger partial charge in [0.2, 0.25) is 0 Å². The number of hydrogen-bond acceptors (Lipinski definition) is 5. The van der Waals surface area contributed by atoms with E-state index in [0.29, 0.717) is 24.5 Å². The van der Waals surface area contributed by atoms with Crippen molar-refractivity contribution in [1.29, 1.82) is 0 Å². The monoisotopic (exact) mass is 521 g/mol. The molecule has 1 aliphatic heterocycles. The van der Waals surface area contributed by atoms with Crippen LogP contribution in [0.2, 0.25) is 0 Å². The molecule has 4 rings (SSSR count). The maximum absolute atomic E-state index is 12.9. The number of nitrogens with zero attached hydrogens (tertiary/aromatic N) is 1. The predicted octanol–water partition coefficient (Wildman–Crippen LogP) is 5.81. The van der Waals surface area contributed by atoms with E-state index in [1.807, 2.05) is 42.6 Å². The zero-order chi connectivity index (χ0) is 27.0. The molecule has 0 radical (unpaired) electrons. The van der Waals surface area contributed by atoms with Crippen LogP contribution in [-0.2, 0) is 4.74 Å². The Kier molecular flexibility index (Phi) is 9.83. The SMILES string of the molecule is CC(C)(C)N1C[C@@H](COc2cc(C(=O)NCCCCCCCCO)cc3[nH]ccc23)OC1c1ccccc1. The third-order valence-electron chi connectivity index (χ3n) is 7.14. The van der Waals surface area contributed by atoms with Gasteiger partial charge in [-0.25, -0.2) is 0 Å². The number of ether oxygens (including phenoxy) is 2. The smallest absolute Gasteiger partial charge is 0.251 e. The van der Waals surface area contributed by atoms with Gasteiger partial charge in [0.05, 0.1) is 0 Å². The highest BCUT2D eigenvalue weighted by atomic mass is 16.6. The second-order valence-corrected chi connectivity index (χ2v) is 11.2. The average Bonchev–Trinajstić information content (AvgIpc) is 3.56. The van der Waals surface area contributed by atoms with Gasteiger partial charge in [0.15, 0.2) is 0 Å². The molecular formula is C31H43N3O4. The van der Waals surface area contributed by atoms with Crippen LogP contribution in [0.4, 0.5) is 0 Å². The summed E-state index contributed by atoms with van der Waals surface area (Å²) in [6, 6.07) is 16.0. The standard InChI is InChI=1S/C31H43N3O4/c1-31(2,3)34-21-25(38-30(34)23-13-9-8-10-14-23)22-37-28-20-24(19-27-26(28)15-17-32-27)29(36)33-16-11-6-4-5-7-12-18-35/h8-10,13-15,17,19-20,25,30,32,35H,4-7,11-12,16,18,21-22H2,1-3H3,(H,33,36)/t25-,30?/m0/s1. The fourth-order valence-electron chi connectivity index (χ4n) is 5.02. The minimum Gasteiger partial charge on any atom is -0.490 e. The molecule has 1 aromatic heterocycles. The number of carbonyl (C=O) groups excluding carboxylic acids is 1. The van der Waals surface area contributed by atoms with Crippen LogP contribution in [0, 0.1) is 0 Å². The molecule has 3 N–H and O–H groups in total. The third-order valence-corrected chi connectivity index (χ3v) is 7.14. The summed E-state index contributed by atoms with van der Waals surface area (Å²) < 4.78 is 12.8. The molecule has 0 spiro atoms. The van der Waals surface area contributed by atoms with Gasteiger partial charge in [0.1, 0.15) is 24.7 Å². The van der Waals surface area contributed by atoms with Crippen LogP contribution in [0.1, 0.15) is 81.4 Å². The molecule has 0 aliphatic carbocycles. The Morgan fingerprint density at radius 3 is 2.55 bits per heavy atom. The summed E-state index contributed by atoms with van der Waals surface area (Å²) in [5.74, 6) is 0.596. The topological polar surface area (TPSA) is 86.8 Å². The lowest BCUT2D eigenvalue weighted by Gasteiger charge is -2.35. The van der Waals surface area contributed by atoms with Crippen molar-refractivity contribution in [2.75, 3.05) is 26.3 Å². The second kappa shape index (κ2) is 13.3. The van der Waals surface area contributed by atoms with Crippen LogP contribution in [0.3, 0.4) is 0 Å². The lowest BCUT2D eigenvalue weighted by atomic mass is 10.0. The van der Waals surface area contributed by atoms with E-state index in [1.54, 1.807) is 0 Å². The Balaban J connectivity index is 1.36. The molecule has 1 aliphatic rings. The normalized spacial score (nSPS) is 18.2. The summed E-state index contributed by atoms with van der Waals surface area (Å²) in [5.41, 5.74) is 2.55. The first-order valence-electron chi connectivity index (χ1n) is 14.0. The van der Waals surface area contributed by atoms with E-state index in [9.17, 15) is 4.79 Å². The highest BCUT2D eigenvalue weighted by Crippen LogP contribution is 2.36. The average molecular weight is 522 g/mol. The first-order valence-corrected chi connectivity index (χ1v) is 14.0. The number of H-pyrrole nitrogens is 1. The number of aromatic nitrogens is 1. The van der Waals surface area contributed by atoms with Crippen molar-refractivity contribution in [3.05, 3.63) is 65.9 Å². The number of hydrogen-bond donors (Lipinski definition) is 3. The zero-order valence-corrected chi connectivity index (χ0v) is 23.0. The molecule has 7 heteroatoms. The number of aliphatic hydroxyl groups excluding tert-OH is 1. The number of nitrogens with one attached hydrogen (secondary N) is 2. The van der Waals surface area contributed by atoms with E-state index < -0.39 is 0 Å². The molecule has 0 bridgehead atoms. The Morgan fingerprint density at radius 2 is 1.82 bits per heavy atom. The molecule has 2 atom stereocenters. The molecule has 3 aromatic rings.